The molecule has 18 heavy (non-hydrogen) atoms. The third-order valence-electron chi connectivity index (χ3n) is 3.06. The Morgan fingerprint density at radius 3 is 3.06 bits per heavy atom. The highest BCUT2D eigenvalue weighted by Gasteiger charge is 2.20. The van der Waals surface area contributed by atoms with Crippen molar-refractivity contribution in [1.82, 2.24) is 10.2 Å². The van der Waals surface area contributed by atoms with Crippen molar-refractivity contribution in [2.24, 2.45) is 0 Å². The van der Waals surface area contributed by atoms with Gasteiger partial charge in [-0.25, -0.2) is 0 Å². The maximum absolute atomic E-state index is 6.18. The van der Waals surface area contributed by atoms with Gasteiger partial charge in [0.1, 0.15) is 0 Å². The average Bonchev–Trinajstić information content (AvgIpc) is 2.35. The number of nitrogens with one attached hydrogen (secondary N) is 1. The minimum absolute atomic E-state index is 0.252. The zero-order chi connectivity index (χ0) is 13.0. The maximum atomic E-state index is 6.18. The summed E-state index contributed by atoms with van der Waals surface area (Å²) in [5.74, 6) is 0. The summed E-state index contributed by atoms with van der Waals surface area (Å²) in [5.41, 5.74) is 1.08. The van der Waals surface area contributed by atoms with Gasteiger partial charge >= 0.3 is 0 Å². The third kappa shape index (κ3) is 3.84. The van der Waals surface area contributed by atoms with Crippen LogP contribution in [0.15, 0.2) is 18.2 Å². The molecule has 1 fully saturated rings. The SMILES string of the molecule is CNCC1CN(Cc2cc(Cl)ccc2Cl)CCO1. The van der Waals surface area contributed by atoms with Gasteiger partial charge in [0.25, 0.3) is 0 Å². The molecule has 0 spiro atoms. The van der Waals surface area contributed by atoms with E-state index in [2.05, 4.69) is 10.2 Å². The molecule has 1 unspecified atom stereocenters. The average molecular weight is 289 g/mol. The highest BCUT2D eigenvalue weighted by molar-refractivity contribution is 6.33. The van der Waals surface area contributed by atoms with E-state index in [0.717, 1.165) is 48.4 Å². The normalized spacial score (nSPS) is 21.2. The van der Waals surface area contributed by atoms with Crippen LogP contribution in [-0.4, -0.2) is 44.3 Å². The van der Waals surface area contributed by atoms with Crippen molar-refractivity contribution in [2.45, 2.75) is 12.6 Å². The van der Waals surface area contributed by atoms with Crippen LogP contribution in [0.5, 0.6) is 0 Å². The molecular weight excluding hydrogens is 271 g/mol. The van der Waals surface area contributed by atoms with Crippen LogP contribution in [0.4, 0.5) is 0 Å². The Hall–Kier alpha value is -0.320. The van der Waals surface area contributed by atoms with Crippen molar-refractivity contribution in [3.63, 3.8) is 0 Å². The van der Waals surface area contributed by atoms with Gasteiger partial charge in [-0.2, -0.15) is 0 Å². The molecule has 3 nitrogen and oxygen atoms in total. The van der Waals surface area contributed by atoms with Crippen molar-refractivity contribution >= 4 is 23.2 Å². The molecule has 0 aromatic heterocycles. The zero-order valence-corrected chi connectivity index (χ0v) is 12.0. The molecule has 1 aliphatic heterocycles. The molecule has 0 amide bonds. The van der Waals surface area contributed by atoms with E-state index in [1.54, 1.807) is 0 Å². The standard InChI is InChI=1S/C13H18Cl2N2O/c1-16-7-12-9-17(4-5-18-12)8-10-6-11(14)2-3-13(10)15/h2-3,6,12,16H,4-5,7-9H2,1H3. The lowest BCUT2D eigenvalue weighted by molar-refractivity contribution is -0.0291. The van der Waals surface area contributed by atoms with Crippen LogP contribution in [-0.2, 0) is 11.3 Å². The van der Waals surface area contributed by atoms with E-state index in [0.29, 0.717) is 0 Å². The van der Waals surface area contributed by atoms with Crippen molar-refractivity contribution in [2.75, 3.05) is 33.3 Å². The molecule has 5 heteroatoms. The summed E-state index contributed by atoms with van der Waals surface area (Å²) in [4.78, 5) is 2.35. The van der Waals surface area contributed by atoms with Crippen LogP contribution in [0.3, 0.4) is 0 Å². The first-order valence-corrected chi connectivity index (χ1v) is 6.87. The Labute approximate surface area is 118 Å². The first kappa shape index (κ1) is 14.1. The molecule has 1 heterocycles. The lowest BCUT2D eigenvalue weighted by Gasteiger charge is -2.33. The highest BCUT2D eigenvalue weighted by atomic mass is 35.5. The van der Waals surface area contributed by atoms with Gasteiger partial charge in [0, 0.05) is 36.2 Å². The molecule has 1 aromatic rings. The van der Waals surface area contributed by atoms with Crippen LogP contribution in [0.1, 0.15) is 5.56 Å². The summed E-state index contributed by atoms with van der Waals surface area (Å²) in [7, 11) is 1.94. The van der Waals surface area contributed by atoms with E-state index in [1.807, 2.05) is 25.2 Å². The van der Waals surface area contributed by atoms with Crippen molar-refractivity contribution < 1.29 is 4.74 Å². The smallest absolute Gasteiger partial charge is 0.0826 e. The first-order chi connectivity index (χ1) is 8.69. The maximum Gasteiger partial charge on any atom is 0.0826 e. The van der Waals surface area contributed by atoms with Gasteiger partial charge in [-0.3, -0.25) is 4.90 Å². The molecule has 2 rings (SSSR count). The molecular formula is C13H18Cl2N2O. The van der Waals surface area contributed by atoms with Crippen LogP contribution in [0.25, 0.3) is 0 Å². The Kier molecular flexibility index (Phi) is 5.27. The van der Waals surface area contributed by atoms with Gasteiger partial charge < -0.3 is 10.1 Å². The molecule has 100 valence electrons. The molecule has 1 saturated heterocycles. The number of hydrogen-bond donors (Lipinski definition) is 1. The second kappa shape index (κ2) is 6.73. The lowest BCUT2D eigenvalue weighted by Crippen LogP contribution is -2.45. The van der Waals surface area contributed by atoms with Gasteiger partial charge in [0.15, 0.2) is 0 Å². The molecule has 0 aliphatic carbocycles. The molecule has 1 atom stereocenters. The summed E-state index contributed by atoms with van der Waals surface area (Å²) in [5, 5.41) is 4.65. The summed E-state index contributed by atoms with van der Waals surface area (Å²) in [6.07, 6.45) is 0.252. The van der Waals surface area contributed by atoms with Crippen LogP contribution < -0.4 is 5.32 Å². The predicted octanol–water partition coefficient (Wildman–Crippen LogP) is 2.41. The van der Waals surface area contributed by atoms with E-state index < -0.39 is 0 Å². The van der Waals surface area contributed by atoms with Crippen molar-refractivity contribution in [3.8, 4) is 0 Å². The predicted molar refractivity (Wildman–Crippen MR) is 75.4 cm³/mol. The molecule has 1 aliphatic rings. The van der Waals surface area contributed by atoms with E-state index in [9.17, 15) is 0 Å². The molecule has 1 N–H and O–H groups in total. The third-order valence-corrected chi connectivity index (χ3v) is 3.66. The molecule has 0 radical (unpaired) electrons. The minimum atomic E-state index is 0.252. The first-order valence-electron chi connectivity index (χ1n) is 6.11. The number of benzene rings is 1. The number of morpholine rings is 1. The quantitative estimate of drug-likeness (QED) is 0.921. The topological polar surface area (TPSA) is 24.5 Å². The van der Waals surface area contributed by atoms with Gasteiger partial charge in [0.2, 0.25) is 0 Å². The fourth-order valence-corrected chi connectivity index (χ4v) is 2.55. The van der Waals surface area contributed by atoms with E-state index in [-0.39, 0.29) is 6.10 Å². The number of halogens is 2. The second-order valence-electron chi connectivity index (χ2n) is 4.52. The molecule has 1 aromatic carbocycles. The van der Waals surface area contributed by atoms with Gasteiger partial charge in [-0.15, -0.1) is 0 Å². The number of rotatable bonds is 4. The van der Waals surface area contributed by atoms with Crippen LogP contribution >= 0.6 is 23.2 Å². The Bertz CT molecular complexity index is 399. The summed E-state index contributed by atoms with van der Waals surface area (Å²) < 4.78 is 5.68. The number of hydrogen-bond acceptors (Lipinski definition) is 3. The van der Waals surface area contributed by atoms with Crippen molar-refractivity contribution in [1.29, 1.82) is 0 Å². The zero-order valence-electron chi connectivity index (χ0n) is 10.5. The van der Waals surface area contributed by atoms with Crippen molar-refractivity contribution in [3.05, 3.63) is 33.8 Å². The van der Waals surface area contributed by atoms with Gasteiger partial charge in [-0.1, -0.05) is 23.2 Å². The van der Waals surface area contributed by atoms with E-state index in [1.165, 1.54) is 0 Å². The summed E-state index contributed by atoms with van der Waals surface area (Å²) in [6.45, 7) is 4.32. The van der Waals surface area contributed by atoms with Crippen LogP contribution in [0.2, 0.25) is 10.0 Å². The number of ether oxygens (including phenoxy) is 1. The van der Waals surface area contributed by atoms with E-state index in [4.69, 9.17) is 27.9 Å². The monoisotopic (exact) mass is 288 g/mol. The fraction of sp³-hybridized carbons (Fsp3) is 0.538. The summed E-state index contributed by atoms with van der Waals surface area (Å²) in [6, 6.07) is 5.60. The molecule has 0 saturated carbocycles. The Balaban J connectivity index is 1.98. The van der Waals surface area contributed by atoms with Crippen LogP contribution in [0, 0.1) is 0 Å². The Morgan fingerprint density at radius 2 is 2.28 bits per heavy atom. The lowest BCUT2D eigenvalue weighted by atomic mass is 10.2. The fourth-order valence-electron chi connectivity index (χ4n) is 2.18. The number of likely N-dealkylation sites (N-methyl/N-ethyl adjacent to an activating group) is 1. The van der Waals surface area contributed by atoms with E-state index >= 15 is 0 Å². The number of nitrogens with zero attached hydrogens (tertiary/aromatic N) is 1. The Morgan fingerprint density at radius 1 is 1.44 bits per heavy atom. The van der Waals surface area contributed by atoms with Gasteiger partial charge in [0.05, 0.1) is 12.7 Å². The minimum Gasteiger partial charge on any atom is -0.374 e. The van der Waals surface area contributed by atoms with Gasteiger partial charge in [-0.05, 0) is 30.8 Å². The second-order valence-corrected chi connectivity index (χ2v) is 5.36. The highest BCUT2D eigenvalue weighted by Crippen LogP contribution is 2.22. The largest absolute Gasteiger partial charge is 0.374 e. The molecule has 0 bridgehead atoms. The summed E-state index contributed by atoms with van der Waals surface area (Å²) >= 11 is 12.2.